The normalized spacial score (nSPS) is 22.2. The summed E-state index contributed by atoms with van der Waals surface area (Å²) in [5.41, 5.74) is 5.49. The molecule has 0 radical (unpaired) electrons. The van der Waals surface area contributed by atoms with Crippen molar-refractivity contribution in [3.8, 4) is 0 Å². The number of nitrogens with one attached hydrogen (secondary N) is 2. The molecule has 1 aliphatic heterocycles. The maximum Gasteiger partial charge on any atom is 0.213 e. The van der Waals surface area contributed by atoms with Crippen LogP contribution in [0.25, 0.3) is 0 Å². The Kier molecular flexibility index (Phi) is 5.83. The average Bonchev–Trinajstić information content (AvgIpc) is 3.03. The molecule has 5 nitrogen and oxygen atoms in total. The number of rotatable bonds is 7. The summed E-state index contributed by atoms with van der Waals surface area (Å²) in [6.45, 7) is 12.7. The van der Waals surface area contributed by atoms with Gasteiger partial charge in [-0.15, -0.1) is 5.48 Å². The fourth-order valence-corrected chi connectivity index (χ4v) is 5.67. The summed E-state index contributed by atoms with van der Waals surface area (Å²) in [6, 6.07) is 8.40. The van der Waals surface area contributed by atoms with Gasteiger partial charge in [-0.05, 0) is 37.0 Å². The van der Waals surface area contributed by atoms with Crippen LogP contribution in [0, 0.1) is 0 Å². The Bertz CT molecular complexity index is 724. The molecule has 1 aliphatic rings. The minimum absolute atomic E-state index is 0.105. The molecule has 7 heteroatoms. The summed E-state index contributed by atoms with van der Waals surface area (Å²) in [6.07, 6.45) is 3.82. The molecule has 0 aliphatic carbocycles. The lowest BCUT2D eigenvalue weighted by atomic mass is 9.98. The molecule has 1 aromatic carbocycles. The molecule has 1 aromatic rings. The van der Waals surface area contributed by atoms with Crippen LogP contribution < -0.4 is 10.2 Å². The van der Waals surface area contributed by atoms with Crippen molar-refractivity contribution in [3.63, 3.8) is 0 Å². The average molecular weight is 383 g/mol. The van der Waals surface area contributed by atoms with Crippen LogP contribution in [0.2, 0.25) is 19.6 Å². The zero-order chi connectivity index (χ0) is 18.9. The first-order valence-electron chi connectivity index (χ1n) is 8.69. The summed E-state index contributed by atoms with van der Waals surface area (Å²) in [5.74, 6) is 0.105. The van der Waals surface area contributed by atoms with E-state index >= 15 is 0 Å². The molecule has 0 amide bonds. The molecule has 25 heavy (non-hydrogen) atoms. The Labute approximate surface area is 152 Å². The molecule has 0 spiro atoms. The zero-order valence-corrected chi connectivity index (χ0v) is 17.8. The summed E-state index contributed by atoms with van der Waals surface area (Å²) >= 11 is 0. The van der Waals surface area contributed by atoms with E-state index in [4.69, 9.17) is 4.84 Å². The Balaban J connectivity index is 2.16. The summed E-state index contributed by atoms with van der Waals surface area (Å²) in [4.78, 5) is 5.34. The monoisotopic (exact) mass is 382 g/mol. The van der Waals surface area contributed by atoms with E-state index < -0.39 is 23.3 Å². The van der Waals surface area contributed by atoms with E-state index in [0.717, 1.165) is 5.56 Å². The predicted molar refractivity (Wildman–Crippen MR) is 105 cm³/mol. The standard InChI is InChI=1S/C18H30N2O3SSi/c1-14(2)24(21,22)19-13-15(3)16-7-9-17(10-8-16)18(25(4,5)6)11-12-23-20-18/h7-12,14-15,19-20H,13H2,1-6H3. The van der Waals surface area contributed by atoms with Gasteiger partial charge in [0.2, 0.25) is 10.0 Å². The molecule has 2 N–H and O–H groups in total. The lowest BCUT2D eigenvalue weighted by Gasteiger charge is -2.38. The highest BCUT2D eigenvalue weighted by Crippen LogP contribution is 2.36. The molecule has 2 rings (SSSR count). The van der Waals surface area contributed by atoms with E-state index in [1.54, 1.807) is 20.1 Å². The SMILES string of the molecule is CC(CNS(=O)(=O)C(C)C)c1ccc(C2([Si](C)(C)C)C=CON2)cc1. The Morgan fingerprint density at radius 3 is 2.20 bits per heavy atom. The molecule has 2 unspecified atom stereocenters. The lowest BCUT2D eigenvalue weighted by Crippen LogP contribution is -2.55. The van der Waals surface area contributed by atoms with Crippen molar-refractivity contribution >= 4 is 18.1 Å². The maximum absolute atomic E-state index is 11.9. The first kappa shape index (κ1) is 20.2. The minimum atomic E-state index is -3.23. The highest BCUT2D eigenvalue weighted by Gasteiger charge is 2.46. The third-order valence-electron chi connectivity index (χ3n) is 4.94. The van der Waals surface area contributed by atoms with Crippen molar-refractivity contribution in [3.05, 3.63) is 47.7 Å². The van der Waals surface area contributed by atoms with Crippen LogP contribution in [0.4, 0.5) is 0 Å². The topological polar surface area (TPSA) is 67.4 Å². The molecule has 0 saturated heterocycles. The van der Waals surface area contributed by atoms with Crippen molar-refractivity contribution in [2.45, 2.75) is 56.7 Å². The Morgan fingerprint density at radius 1 is 1.16 bits per heavy atom. The third kappa shape index (κ3) is 4.16. The fourth-order valence-electron chi connectivity index (χ4n) is 2.89. The zero-order valence-electron chi connectivity index (χ0n) is 16.0. The van der Waals surface area contributed by atoms with Crippen molar-refractivity contribution in [1.29, 1.82) is 0 Å². The second-order valence-corrected chi connectivity index (χ2v) is 15.7. The van der Waals surface area contributed by atoms with E-state index in [9.17, 15) is 8.42 Å². The number of hydroxylamine groups is 1. The van der Waals surface area contributed by atoms with Crippen molar-refractivity contribution in [2.75, 3.05) is 6.54 Å². The quantitative estimate of drug-likeness (QED) is 0.711. The van der Waals surface area contributed by atoms with Crippen LogP contribution in [0.5, 0.6) is 0 Å². The van der Waals surface area contributed by atoms with Crippen LogP contribution >= 0.6 is 0 Å². The van der Waals surface area contributed by atoms with Crippen LogP contribution in [0.15, 0.2) is 36.6 Å². The van der Waals surface area contributed by atoms with Crippen LogP contribution in [-0.4, -0.2) is 28.3 Å². The molecular formula is C18H30N2O3SSi. The van der Waals surface area contributed by atoms with Gasteiger partial charge in [0.05, 0.1) is 18.5 Å². The predicted octanol–water partition coefficient (Wildman–Crippen LogP) is 3.24. The first-order valence-corrected chi connectivity index (χ1v) is 13.7. The van der Waals surface area contributed by atoms with Crippen molar-refractivity contribution in [2.24, 2.45) is 0 Å². The van der Waals surface area contributed by atoms with Gasteiger partial charge in [-0.25, -0.2) is 13.1 Å². The summed E-state index contributed by atoms with van der Waals surface area (Å²) in [5, 5.41) is -0.660. The highest BCUT2D eigenvalue weighted by molar-refractivity contribution is 7.90. The van der Waals surface area contributed by atoms with E-state index in [1.807, 2.05) is 6.92 Å². The van der Waals surface area contributed by atoms with Gasteiger partial charge in [0, 0.05) is 6.54 Å². The van der Waals surface area contributed by atoms with Gasteiger partial charge in [-0.2, -0.15) is 0 Å². The third-order valence-corrected chi connectivity index (χ3v) is 9.67. The van der Waals surface area contributed by atoms with Gasteiger partial charge in [0.1, 0.15) is 6.26 Å². The smallest absolute Gasteiger partial charge is 0.213 e. The van der Waals surface area contributed by atoms with E-state index in [2.05, 4.69) is 60.2 Å². The molecule has 0 saturated carbocycles. The van der Waals surface area contributed by atoms with Gasteiger partial charge >= 0.3 is 0 Å². The van der Waals surface area contributed by atoms with Crippen LogP contribution in [0.3, 0.4) is 0 Å². The van der Waals surface area contributed by atoms with Gasteiger partial charge < -0.3 is 4.84 Å². The number of hydrogen-bond acceptors (Lipinski definition) is 4. The molecule has 0 fully saturated rings. The fraction of sp³-hybridized carbons (Fsp3) is 0.556. The summed E-state index contributed by atoms with van der Waals surface area (Å²) < 4.78 is 26.5. The van der Waals surface area contributed by atoms with Gasteiger partial charge in [0.25, 0.3) is 0 Å². The second kappa shape index (κ2) is 7.23. The van der Waals surface area contributed by atoms with Crippen LogP contribution in [0.1, 0.15) is 37.8 Å². The Morgan fingerprint density at radius 2 is 1.76 bits per heavy atom. The minimum Gasteiger partial charge on any atom is -0.416 e. The second-order valence-electron chi connectivity index (χ2n) is 8.05. The van der Waals surface area contributed by atoms with E-state index in [1.165, 1.54) is 5.56 Å². The van der Waals surface area contributed by atoms with Crippen molar-refractivity contribution in [1.82, 2.24) is 10.2 Å². The highest BCUT2D eigenvalue weighted by atomic mass is 32.2. The van der Waals surface area contributed by atoms with Gasteiger partial charge in [-0.3, -0.25) is 0 Å². The van der Waals surface area contributed by atoms with Gasteiger partial charge in [0.15, 0.2) is 0 Å². The van der Waals surface area contributed by atoms with E-state index in [-0.39, 0.29) is 11.1 Å². The molecule has 140 valence electrons. The molecule has 1 heterocycles. The first-order chi connectivity index (χ1) is 11.5. The summed E-state index contributed by atoms with van der Waals surface area (Å²) in [7, 11) is -4.86. The number of sulfonamides is 1. The number of hydrogen-bond donors (Lipinski definition) is 2. The van der Waals surface area contributed by atoms with Gasteiger partial charge in [-0.1, -0.05) is 50.8 Å². The number of benzene rings is 1. The molecular weight excluding hydrogens is 352 g/mol. The molecule has 0 aromatic heterocycles. The maximum atomic E-state index is 11.9. The van der Waals surface area contributed by atoms with Crippen molar-refractivity contribution < 1.29 is 13.3 Å². The lowest BCUT2D eigenvalue weighted by molar-refractivity contribution is 0.125. The molecule has 2 atom stereocenters. The molecule has 0 bridgehead atoms. The van der Waals surface area contributed by atoms with Crippen LogP contribution in [-0.2, 0) is 20.0 Å². The largest absolute Gasteiger partial charge is 0.416 e. The Hall–Kier alpha value is -1.15. The van der Waals surface area contributed by atoms with E-state index in [0.29, 0.717) is 6.54 Å².